The molecule has 2 aromatic rings. The zero-order chi connectivity index (χ0) is 14.3. The van der Waals surface area contributed by atoms with E-state index < -0.39 is 15.7 Å². The Morgan fingerprint density at radius 3 is 2.75 bits per heavy atom. The van der Waals surface area contributed by atoms with Crippen molar-refractivity contribution >= 4 is 21.4 Å². The lowest BCUT2D eigenvalue weighted by atomic mass is 10.2. The van der Waals surface area contributed by atoms with Gasteiger partial charge in [0.15, 0.2) is 9.84 Å². The van der Waals surface area contributed by atoms with Crippen LogP contribution in [0.25, 0.3) is 0 Å². The first-order chi connectivity index (χ1) is 9.47. The molecule has 0 atom stereocenters. The van der Waals surface area contributed by atoms with Crippen LogP contribution in [0.2, 0.25) is 0 Å². The minimum absolute atomic E-state index is 0.0558. The van der Waals surface area contributed by atoms with Crippen LogP contribution < -0.4 is 5.32 Å². The zero-order valence-corrected chi connectivity index (χ0v) is 11.5. The van der Waals surface area contributed by atoms with Crippen molar-refractivity contribution in [2.24, 2.45) is 0 Å². The van der Waals surface area contributed by atoms with Gasteiger partial charge in [-0.15, -0.1) is 0 Å². The van der Waals surface area contributed by atoms with Crippen molar-refractivity contribution in [2.45, 2.75) is 18.2 Å². The fraction of sp³-hybridized carbons (Fsp3) is 0.250. The van der Waals surface area contributed by atoms with Crippen LogP contribution in [0.1, 0.15) is 21.9 Å². The predicted molar refractivity (Wildman–Crippen MR) is 71.3 cm³/mol. The summed E-state index contributed by atoms with van der Waals surface area (Å²) in [7, 11) is -3.23. The molecule has 1 aliphatic rings. The molecule has 0 aliphatic carbocycles. The third kappa shape index (κ3) is 2.07. The molecule has 2 N–H and O–H groups in total. The molecular formula is C12H12N4O3S. The van der Waals surface area contributed by atoms with Gasteiger partial charge in [0.05, 0.1) is 28.7 Å². The van der Waals surface area contributed by atoms with Gasteiger partial charge in [0.2, 0.25) is 0 Å². The maximum Gasteiger partial charge on any atom is 0.272 e. The highest BCUT2D eigenvalue weighted by molar-refractivity contribution is 7.91. The largest absolute Gasteiger partial charge is 0.356 e. The number of anilines is 1. The Bertz CT molecular complexity index is 778. The molecule has 1 amide bonds. The maximum atomic E-state index is 12.1. The Balaban J connectivity index is 1.88. The maximum absolute atomic E-state index is 12.1. The summed E-state index contributed by atoms with van der Waals surface area (Å²) in [6, 6.07) is 0. The molecular weight excluding hydrogens is 280 g/mol. The number of nitrogens with zero attached hydrogens (tertiary/aromatic N) is 2. The molecule has 0 bridgehead atoms. The van der Waals surface area contributed by atoms with Crippen LogP contribution in [0.15, 0.2) is 23.5 Å². The van der Waals surface area contributed by atoms with Crippen molar-refractivity contribution in [2.75, 3.05) is 11.1 Å². The van der Waals surface area contributed by atoms with Gasteiger partial charge < -0.3 is 10.3 Å². The number of amides is 1. The smallest absolute Gasteiger partial charge is 0.272 e. The van der Waals surface area contributed by atoms with Crippen molar-refractivity contribution in [3.63, 3.8) is 0 Å². The number of rotatable bonds is 2. The average Bonchev–Trinajstić information content (AvgIpc) is 2.94. The Morgan fingerprint density at radius 1 is 1.35 bits per heavy atom. The molecule has 1 aliphatic heterocycles. The topological polar surface area (TPSA) is 105 Å². The molecule has 0 spiro atoms. The molecule has 7 nitrogen and oxygen atoms in total. The fourth-order valence-electron chi connectivity index (χ4n) is 2.16. The van der Waals surface area contributed by atoms with Crippen molar-refractivity contribution < 1.29 is 13.2 Å². The number of aromatic amines is 1. The summed E-state index contributed by atoms with van der Waals surface area (Å²) in [4.78, 5) is 23.0. The zero-order valence-electron chi connectivity index (χ0n) is 10.7. The first-order valence-electron chi connectivity index (χ1n) is 6.00. The van der Waals surface area contributed by atoms with Crippen LogP contribution in [-0.2, 0) is 16.3 Å². The Hall–Kier alpha value is -2.22. The number of carbonyl (C=O) groups excluding carboxylic acids is 1. The molecule has 2 aromatic heterocycles. The van der Waals surface area contributed by atoms with Gasteiger partial charge in [-0.05, 0) is 13.3 Å². The first kappa shape index (κ1) is 12.8. The molecule has 104 valence electrons. The summed E-state index contributed by atoms with van der Waals surface area (Å²) < 4.78 is 23.4. The molecule has 0 aromatic carbocycles. The minimum atomic E-state index is -3.23. The van der Waals surface area contributed by atoms with Gasteiger partial charge in [-0.2, -0.15) is 0 Å². The highest BCUT2D eigenvalue weighted by atomic mass is 32.2. The first-order valence-corrected chi connectivity index (χ1v) is 7.65. The number of fused-ring (bicyclic) bond motifs is 1. The number of carbonyl (C=O) groups is 1. The van der Waals surface area contributed by atoms with Crippen molar-refractivity contribution in [3.8, 4) is 0 Å². The Kier molecular flexibility index (Phi) is 2.82. The molecule has 0 saturated carbocycles. The minimum Gasteiger partial charge on any atom is -0.356 e. The second-order valence-corrected chi connectivity index (χ2v) is 6.63. The fourth-order valence-corrected chi connectivity index (χ4v) is 3.67. The van der Waals surface area contributed by atoms with Crippen LogP contribution in [-0.4, -0.2) is 35.0 Å². The normalized spacial score (nSPS) is 15.8. The Morgan fingerprint density at radius 2 is 2.05 bits per heavy atom. The number of H-pyrrole nitrogens is 1. The van der Waals surface area contributed by atoms with E-state index >= 15 is 0 Å². The lowest BCUT2D eigenvalue weighted by molar-refractivity contribution is 0.102. The van der Waals surface area contributed by atoms with Crippen LogP contribution in [0.4, 0.5) is 5.69 Å². The molecule has 20 heavy (non-hydrogen) atoms. The predicted octanol–water partition coefficient (Wildman–Crippen LogP) is 0.695. The van der Waals surface area contributed by atoms with E-state index in [-0.39, 0.29) is 16.3 Å². The summed E-state index contributed by atoms with van der Waals surface area (Å²) in [6.45, 7) is 1.74. The van der Waals surface area contributed by atoms with E-state index in [2.05, 4.69) is 20.3 Å². The van der Waals surface area contributed by atoms with Crippen LogP contribution in [0, 0.1) is 6.92 Å². The van der Waals surface area contributed by atoms with E-state index in [0.29, 0.717) is 23.5 Å². The van der Waals surface area contributed by atoms with Gasteiger partial charge in [-0.1, -0.05) is 0 Å². The van der Waals surface area contributed by atoms with E-state index in [1.165, 1.54) is 18.6 Å². The van der Waals surface area contributed by atoms with E-state index in [9.17, 15) is 13.2 Å². The van der Waals surface area contributed by atoms with Gasteiger partial charge in [-0.3, -0.25) is 4.79 Å². The summed E-state index contributed by atoms with van der Waals surface area (Å²) >= 11 is 0. The SMILES string of the molecule is Cc1ncc(NC(=O)c2[nH]cc3c2CCS3(=O)=O)cn1. The van der Waals surface area contributed by atoms with E-state index in [1.54, 1.807) is 6.92 Å². The number of sulfone groups is 1. The molecule has 3 rings (SSSR count). The highest BCUT2D eigenvalue weighted by Gasteiger charge is 2.31. The second kappa shape index (κ2) is 4.41. The van der Waals surface area contributed by atoms with Crippen LogP contribution >= 0.6 is 0 Å². The summed E-state index contributed by atoms with van der Waals surface area (Å²) in [5, 5.41) is 2.64. The van der Waals surface area contributed by atoms with Gasteiger partial charge in [-0.25, -0.2) is 18.4 Å². The summed E-state index contributed by atoms with van der Waals surface area (Å²) in [6.07, 6.45) is 4.73. The van der Waals surface area contributed by atoms with Crippen molar-refractivity contribution in [1.29, 1.82) is 0 Å². The van der Waals surface area contributed by atoms with E-state index in [0.717, 1.165) is 0 Å². The number of hydrogen-bond acceptors (Lipinski definition) is 5. The molecule has 3 heterocycles. The van der Waals surface area contributed by atoms with Crippen LogP contribution in [0.3, 0.4) is 0 Å². The third-order valence-corrected chi connectivity index (χ3v) is 4.94. The average molecular weight is 292 g/mol. The highest BCUT2D eigenvalue weighted by Crippen LogP contribution is 2.28. The standard InChI is InChI=1S/C12H12N4O3S/c1-7-13-4-8(5-14-7)16-12(17)11-9-2-3-20(18,19)10(9)6-15-11/h4-6,15H,2-3H2,1H3,(H,16,17). The lowest BCUT2D eigenvalue weighted by Crippen LogP contribution is -2.14. The van der Waals surface area contributed by atoms with Gasteiger partial charge in [0.25, 0.3) is 5.91 Å². The third-order valence-electron chi connectivity index (χ3n) is 3.17. The number of nitrogens with one attached hydrogen (secondary N) is 2. The van der Waals surface area contributed by atoms with Gasteiger partial charge in [0.1, 0.15) is 11.5 Å². The van der Waals surface area contributed by atoms with Gasteiger partial charge in [0, 0.05) is 11.8 Å². The number of aromatic nitrogens is 3. The van der Waals surface area contributed by atoms with E-state index in [4.69, 9.17) is 0 Å². The molecule has 0 fully saturated rings. The molecule has 0 saturated heterocycles. The molecule has 0 unspecified atom stereocenters. The monoisotopic (exact) mass is 292 g/mol. The number of aryl methyl sites for hydroxylation is 1. The molecule has 8 heteroatoms. The van der Waals surface area contributed by atoms with Crippen LogP contribution in [0.5, 0.6) is 0 Å². The van der Waals surface area contributed by atoms with Crippen molar-refractivity contribution in [1.82, 2.24) is 15.0 Å². The van der Waals surface area contributed by atoms with E-state index in [1.807, 2.05) is 0 Å². The van der Waals surface area contributed by atoms with Gasteiger partial charge >= 0.3 is 0 Å². The lowest BCUT2D eigenvalue weighted by Gasteiger charge is -2.04. The number of hydrogen-bond donors (Lipinski definition) is 2. The summed E-state index contributed by atoms with van der Waals surface area (Å²) in [5.74, 6) is 0.269. The summed E-state index contributed by atoms with van der Waals surface area (Å²) in [5.41, 5.74) is 1.29. The Labute approximate surface area is 115 Å². The van der Waals surface area contributed by atoms with Crippen molar-refractivity contribution in [3.05, 3.63) is 35.7 Å². The second-order valence-electron chi connectivity index (χ2n) is 4.55. The quantitative estimate of drug-likeness (QED) is 0.847. The molecule has 0 radical (unpaired) electrons.